The standard InChI is InChI=1S/C16H14N2OSe/c1-18-15(19)14(12-8-4-2-5-9-12)20-16(18)17-13-10-6-3-7-11-13/h2-11,14H,1H3. The molecule has 100 valence electrons. The molecule has 4 heteroatoms. The number of carbonyl (C=O) groups excluding carboxylic acids is 1. The summed E-state index contributed by atoms with van der Waals surface area (Å²) in [6.07, 6.45) is 0. The molecule has 1 aliphatic rings. The molecule has 1 aliphatic heterocycles. The first-order valence-corrected chi connectivity index (χ1v) is 8.23. The van der Waals surface area contributed by atoms with Crippen molar-refractivity contribution in [3.05, 3.63) is 66.2 Å². The van der Waals surface area contributed by atoms with Gasteiger partial charge in [-0.05, 0) is 0 Å². The van der Waals surface area contributed by atoms with E-state index in [1.54, 1.807) is 4.90 Å². The fraction of sp³-hybridized carbons (Fsp3) is 0.125. The zero-order chi connectivity index (χ0) is 13.9. The van der Waals surface area contributed by atoms with Crippen molar-refractivity contribution in [2.75, 3.05) is 7.05 Å². The van der Waals surface area contributed by atoms with Gasteiger partial charge in [-0.2, -0.15) is 0 Å². The third-order valence-electron chi connectivity index (χ3n) is 3.15. The summed E-state index contributed by atoms with van der Waals surface area (Å²) in [4.78, 5) is 18.6. The summed E-state index contributed by atoms with van der Waals surface area (Å²) in [7, 11) is 1.81. The first kappa shape index (κ1) is 13.1. The number of amidine groups is 1. The summed E-state index contributed by atoms with van der Waals surface area (Å²) in [6, 6.07) is 19.7. The van der Waals surface area contributed by atoms with Gasteiger partial charge in [-0.1, -0.05) is 0 Å². The average Bonchev–Trinajstić information content (AvgIpc) is 2.78. The van der Waals surface area contributed by atoms with Crippen LogP contribution in [-0.2, 0) is 4.79 Å². The van der Waals surface area contributed by atoms with Crippen molar-refractivity contribution < 1.29 is 4.79 Å². The first-order valence-electron chi connectivity index (χ1n) is 6.38. The van der Waals surface area contributed by atoms with E-state index in [9.17, 15) is 4.79 Å². The van der Waals surface area contributed by atoms with Crippen molar-refractivity contribution in [2.24, 2.45) is 4.99 Å². The second-order valence-corrected chi connectivity index (χ2v) is 6.79. The van der Waals surface area contributed by atoms with E-state index in [0.717, 1.165) is 16.0 Å². The summed E-state index contributed by atoms with van der Waals surface area (Å²) in [5.74, 6) is 0.144. The monoisotopic (exact) mass is 330 g/mol. The molecule has 2 aromatic carbocycles. The number of likely N-dealkylation sites (N-methyl/N-ethyl adjacent to an activating group) is 1. The summed E-state index contributed by atoms with van der Waals surface area (Å²) >= 11 is 0.0308. The molecule has 1 fully saturated rings. The molecular weight excluding hydrogens is 315 g/mol. The van der Waals surface area contributed by atoms with Crippen molar-refractivity contribution in [3.8, 4) is 0 Å². The molecule has 0 aromatic heterocycles. The van der Waals surface area contributed by atoms with Crippen molar-refractivity contribution in [1.29, 1.82) is 0 Å². The summed E-state index contributed by atoms with van der Waals surface area (Å²) < 4.78 is 0.891. The Morgan fingerprint density at radius 3 is 2.25 bits per heavy atom. The van der Waals surface area contributed by atoms with Gasteiger partial charge < -0.3 is 0 Å². The molecule has 1 saturated heterocycles. The van der Waals surface area contributed by atoms with E-state index in [0.29, 0.717) is 0 Å². The predicted molar refractivity (Wildman–Crippen MR) is 81.2 cm³/mol. The molecule has 0 spiro atoms. The van der Waals surface area contributed by atoms with Gasteiger partial charge in [-0.25, -0.2) is 0 Å². The molecule has 20 heavy (non-hydrogen) atoms. The van der Waals surface area contributed by atoms with Gasteiger partial charge in [-0.15, -0.1) is 0 Å². The van der Waals surface area contributed by atoms with E-state index in [4.69, 9.17) is 0 Å². The molecule has 0 bridgehead atoms. The number of hydrogen-bond donors (Lipinski definition) is 0. The van der Waals surface area contributed by atoms with Gasteiger partial charge in [0.15, 0.2) is 0 Å². The number of aliphatic imine (C=N–C) groups is 1. The second-order valence-electron chi connectivity index (χ2n) is 4.54. The molecule has 2 aromatic rings. The number of carbonyl (C=O) groups is 1. The quantitative estimate of drug-likeness (QED) is 0.780. The van der Waals surface area contributed by atoms with Crippen LogP contribution >= 0.6 is 0 Å². The van der Waals surface area contributed by atoms with Crippen molar-refractivity contribution in [2.45, 2.75) is 4.82 Å². The predicted octanol–water partition coefficient (Wildman–Crippen LogP) is 2.59. The average molecular weight is 329 g/mol. The molecule has 1 heterocycles. The zero-order valence-corrected chi connectivity index (χ0v) is 12.8. The Morgan fingerprint density at radius 1 is 1.00 bits per heavy atom. The second kappa shape index (κ2) is 5.61. The van der Waals surface area contributed by atoms with E-state index >= 15 is 0 Å². The molecule has 0 radical (unpaired) electrons. The van der Waals surface area contributed by atoms with Gasteiger partial charge in [-0.3, -0.25) is 0 Å². The van der Waals surface area contributed by atoms with Crippen LogP contribution in [0.4, 0.5) is 5.69 Å². The SMILES string of the molecule is CN1C(=O)C(c2ccccc2)[Se]C1=Nc1ccccc1. The Bertz CT molecular complexity index is 640. The molecule has 1 amide bonds. The van der Waals surface area contributed by atoms with Crippen LogP contribution in [0.15, 0.2) is 65.7 Å². The van der Waals surface area contributed by atoms with Crippen LogP contribution in [0, 0.1) is 0 Å². The number of benzene rings is 2. The van der Waals surface area contributed by atoms with E-state index in [2.05, 4.69) is 4.99 Å². The van der Waals surface area contributed by atoms with Gasteiger partial charge in [0.25, 0.3) is 0 Å². The fourth-order valence-electron chi connectivity index (χ4n) is 2.06. The summed E-state index contributed by atoms with van der Waals surface area (Å²) in [5.41, 5.74) is 1.99. The van der Waals surface area contributed by atoms with Crippen LogP contribution in [0.3, 0.4) is 0 Å². The first-order chi connectivity index (χ1) is 9.75. The van der Waals surface area contributed by atoms with Crippen LogP contribution in [0.1, 0.15) is 10.4 Å². The van der Waals surface area contributed by atoms with Crippen LogP contribution in [-0.4, -0.2) is 37.5 Å². The molecule has 3 rings (SSSR count). The van der Waals surface area contributed by atoms with Gasteiger partial charge in [0.2, 0.25) is 0 Å². The molecular formula is C16H14N2OSe. The number of amides is 1. The Hall–Kier alpha value is -1.90. The number of hydrogen-bond acceptors (Lipinski definition) is 2. The minimum absolute atomic E-state index is 0.0308. The third kappa shape index (κ3) is 2.53. The van der Waals surface area contributed by atoms with Crippen molar-refractivity contribution >= 4 is 31.3 Å². The van der Waals surface area contributed by atoms with Crippen LogP contribution in [0.25, 0.3) is 0 Å². The van der Waals surface area contributed by atoms with E-state index in [1.807, 2.05) is 67.7 Å². The summed E-state index contributed by atoms with van der Waals surface area (Å²) in [6.45, 7) is 0. The summed E-state index contributed by atoms with van der Waals surface area (Å²) in [5, 5.41) is 0. The van der Waals surface area contributed by atoms with Gasteiger partial charge >= 0.3 is 124 Å². The molecule has 1 unspecified atom stereocenters. The fourth-order valence-corrected chi connectivity index (χ4v) is 4.51. The number of nitrogens with zero attached hydrogens (tertiary/aromatic N) is 2. The van der Waals surface area contributed by atoms with E-state index in [-0.39, 0.29) is 25.7 Å². The van der Waals surface area contributed by atoms with Crippen LogP contribution < -0.4 is 0 Å². The topological polar surface area (TPSA) is 32.7 Å². The zero-order valence-electron chi connectivity index (χ0n) is 11.1. The maximum absolute atomic E-state index is 12.4. The van der Waals surface area contributed by atoms with Gasteiger partial charge in [0.1, 0.15) is 0 Å². The molecule has 0 N–H and O–H groups in total. The molecule has 0 aliphatic carbocycles. The Labute approximate surface area is 124 Å². The van der Waals surface area contributed by atoms with Crippen molar-refractivity contribution in [1.82, 2.24) is 4.90 Å². The van der Waals surface area contributed by atoms with Crippen LogP contribution in [0.5, 0.6) is 0 Å². The molecule has 1 atom stereocenters. The number of rotatable bonds is 2. The molecule has 3 nitrogen and oxygen atoms in total. The van der Waals surface area contributed by atoms with Gasteiger partial charge in [0.05, 0.1) is 0 Å². The normalized spacial score (nSPS) is 20.6. The number of para-hydroxylation sites is 1. The van der Waals surface area contributed by atoms with E-state index in [1.165, 1.54) is 0 Å². The maximum atomic E-state index is 12.4. The van der Waals surface area contributed by atoms with Crippen molar-refractivity contribution in [3.63, 3.8) is 0 Å². The van der Waals surface area contributed by atoms with Crippen LogP contribution in [0.2, 0.25) is 0 Å². The molecule has 0 saturated carbocycles. The Morgan fingerprint density at radius 2 is 1.60 bits per heavy atom. The minimum atomic E-state index is -0.0452. The Balaban J connectivity index is 1.90. The Kier molecular flexibility index (Phi) is 3.68. The third-order valence-corrected chi connectivity index (χ3v) is 5.85. The van der Waals surface area contributed by atoms with E-state index < -0.39 is 0 Å². The van der Waals surface area contributed by atoms with Gasteiger partial charge in [0, 0.05) is 0 Å².